The van der Waals surface area contributed by atoms with E-state index in [1.165, 1.54) is 0 Å². The number of aryl methyl sites for hydroxylation is 2. The van der Waals surface area contributed by atoms with Crippen molar-refractivity contribution in [3.63, 3.8) is 0 Å². The molecule has 6 rings (SSSR count). The molecule has 3 heterocycles. The maximum absolute atomic E-state index is 13.7. The van der Waals surface area contributed by atoms with Crippen molar-refractivity contribution in [1.82, 2.24) is 30.2 Å². The number of aromatic nitrogens is 4. The van der Waals surface area contributed by atoms with E-state index in [2.05, 4.69) is 31.6 Å². The van der Waals surface area contributed by atoms with Gasteiger partial charge in [-0.15, -0.1) is 5.10 Å². The second-order valence-electron chi connectivity index (χ2n) is 10.8. The van der Waals surface area contributed by atoms with Crippen molar-refractivity contribution in [2.45, 2.75) is 31.5 Å². The fourth-order valence-corrected chi connectivity index (χ4v) is 5.57. The third-order valence-corrected chi connectivity index (χ3v) is 7.96. The number of hydrogen-bond donors (Lipinski definition) is 2. The van der Waals surface area contributed by atoms with Crippen LogP contribution >= 0.6 is 0 Å². The number of carbonyl (C=O) groups excluding carboxylic acids is 2. The molecule has 3 aromatic carbocycles. The van der Waals surface area contributed by atoms with Crippen LogP contribution in [0.15, 0.2) is 85.1 Å². The summed E-state index contributed by atoms with van der Waals surface area (Å²) in [5.41, 5.74) is 12.0. The van der Waals surface area contributed by atoms with Crippen molar-refractivity contribution >= 4 is 39.4 Å². The molecule has 0 bridgehead atoms. The first-order chi connectivity index (χ1) is 20.5. The molecule has 42 heavy (non-hydrogen) atoms. The average molecular weight is 563 g/mol. The Morgan fingerprint density at radius 3 is 2.69 bits per heavy atom. The predicted octanol–water partition coefficient (Wildman–Crippen LogP) is 2.81. The van der Waals surface area contributed by atoms with E-state index >= 15 is 0 Å². The van der Waals surface area contributed by atoms with Gasteiger partial charge in [-0.1, -0.05) is 47.7 Å². The molecular weight excluding hydrogens is 528 g/mol. The lowest BCUT2D eigenvalue weighted by atomic mass is 10.0. The lowest BCUT2D eigenvalue weighted by Crippen LogP contribution is -2.63. The number of piperazine rings is 1. The Balaban J connectivity index is 1.20. The SMILES string of the molecule is Cn1nnc2cc(CNC(=O)C3CN(c4ccc5ncccc5c4)CCN3C(=O)C(N)CCc3ccccc3)ccc21. The van der Waals surface area contributed by atoms with Crippen LogP contribution in [-0.4, -0.2) is 68.4 Å². The molecule has 2 atom stereocenters. The average Bonchev–Trinajstić information content (AvgIpc) is 3.41. The first-order valence-electron chi connectivity index (χ1n) is 14.2. The van der Waals surface area contributed by atoms with Gasteiger partial charge < -0.3 is 20.9 Å². The molecule has 0 radical (unpaired) electrons. The van der Waals surface area contributed by atoms with Crippen molar-refractivity contribution in [2.75, 3.05) is 24.5 Å². The third-order valence-electron chi connectivity index (χ3n) is 7.96. The largest absolute Gasteiger partial charge is 0.367 e. The Kier molecular flexibility index (Phi) is 7.78. The van der Waals surface area contributed by atoms with Gasteiger partial charge in [-0.05, 0) is 60.4 Å². The highest BCUT2D eigenvalue weighted by Crippen LogP contribution is 2.24. The molecule has 0 spiro atoms. The standard InChI is InChI=1S/C32H34N8O2/c1-38-29-14-10-23(18-28(29)36-37-38)20-35-31(41)30-21-39(25-11-13-27-24(19-25)8-5-15-34-27)16-17-40(30)32(42)26(33)12-9-22-6-3-2-4-7-22/h2-8,10-11,13-15,18-19,26,30H,9,12,16-17,20-21,33H2,1H3,(H,35,41). The van der Waals surface area contributed by atoms with Crippen molar-refractivity contribution in [3.8, 4) is 0 Å². The molecule has 1 aliphatic heterocycles. The molecule has 5 aromatic rings. The zero-order valence-corrected chi connectivity index (χ0v) is 23.6. The minimum Gasteiger partial charge on any atom is -0.367 e. The molecule has 0 aliphatic carbocycles. The number of hydrogen-bond acceptors (Lipinski definition) is 7. The van der Waals surface area contributed by atoms with Crippen molar-refractivity contribution in [1.29, 1.82) is 0 Å². The van der Waals surface area contributed by atoms with E-state index in [4.69, 9.17) is 5.73 Å². The van der Waals surface area contributed by atoms with E-state index in [9.17, 15) is 9.59 Å². The predicted molar refractivity (Wildman–Crippen MR) is 163 cm³/mol. The molecule has 214 valence electrons. The van der Waals surface area contributed by atoms with Crippen LogP contribution in [-0.2, 0) is 29.6 Å². The van der Waals surface area contributed by atoms with Gasteiger partial charge in [0.2, 0.25) is 11.8 Å². The summed E-state index contributed by atoms with van der Waals surface area (Å²) >= 11 is 0. The fourth-order valence-electron chi connectivity index (χ4n) is 5.57. The van der Waals surface area contributed by atoms with Crippen LogP contribution in [0.2, 0.25) is 0 Å². The Morgan fingerprint density at radius 1 is 0.976 bits per heavy atom. The van der Waals surface area contributed by atoms with Crippen LogP contribution in [0.5, 0.6) is 0 Å². The molecule has 1 saturated heterocycles. The van der Waals surface area contributed by atoms with Gasteiger partial charge in [-0.2, -0.15) is 0 Å². The summed E-state index contributed by atoms with van der Waals surface area (Å²) in [6.07, 6.45) is 2.98. The van der Waals surface area contributed by atoms with Gasteiger partial charge >= 0.3 is 0 Å². The summed E-state index contributed by atoms with van der Waals surface area (Å²) in [5.74, 6) is -0.417. The van der Waals surface area contributed by atoms with E-state index in [0.717, 1.165) is 38.8 Å². The van der Waals surface area contributed by atoms with Crippen LogP contribution in [0.3, 0.4) is 0 Å². The first kappa shape index (κ1) is 27.3. The van der Waals surface area contributed by atoms with Crippen LogP contribution in [0.1, 0.15) is 17.5 Å². The van der Waals surface area contributed by atoms with Crippen molar-refractivity contribution in [3.05, 3.63) is 96.2 Å². The molecule has 10 heteroatoms. The monoisotopic (exact) mass is 562 g/mol. The molecule has 3 N–H and O–H groups in total. The van der Waals surface area contributed by atoms with Gasteiger partial charge in [-0.3, -0.25) is 14.6 Å². The number of nitrogens with zero attached hydrogens (tertiary/aromatic N) is 6. The highest BCUT2D eigenvalue weighted by atomic mass is 16.2. The highest BCUT2D eigenvalue weighted by molar-refractivity contribution is 5.91. The van der Waals surface area contributed by atoms with Gasteiger partial charge in [0.1, 0.15) is 11.6 Å². The smallest absolute Gasteiger partial charge is 0.244 e. The summed E-state index contributed by atoms with van der Waals surface area (Å²) < 4.78 is 1.71. The van der Waals surface area contributed by atoms with E-state index in [1.807, 2.05) is 79.8 Å². The summed E-state index contributed by atoms with van der Waals surface area (Å²) in [6, 6.07) is 24.4. The second kappa shape index (κ2) is 12.0. The zero-order chi connectivity index (χ0) is 29.1. The fraction of sp³-hybridized carbons (Fsp3) is 0.281. The van der Waals surface area contributed by atoms with Crippen molar-refractivity contribution < 1.29 is 9.59 Å². The van der Waals surface area contributed by atoms with Crippen LogP contribution in [0.4, 0.5) is 5.69 Å². The maximum atomic E-state index is 13.7. The summed E-state index contributed by atoms with van der Waals surface area (Å²) in [4.78, 5) is 35.6. The van der Waals surface area contributed by atoms with Gasteiger partial charge in [-0.25, -0.2) is 4.68 Å². The van der Waals surface area contributed by atoms with Crippen LogP contribution < -0.4 is 16.0 Å². The molecule has 1 fully saturated rings. The molecule has 2 unspecified atom stereocenters. The third kappa shape index (κ3) is 5.80. The lowest BCUT2D eigenvalue weighted by Gasteiger charge is -2.42. The summed E-state index contributed by atoms with van der Waals surface area (Å²) in [6.45, 7) is 1.66. The minimum atomic E-state index is -0.696. The molecule has 10 nitrogen and oxygen atoms in total. The number of nitrogens with two attached hydrogens (primary N) is 1. The Bertz CT molecular complexity index is 1720. The minimum absolute atomic E-state index is 0.200. The van der Waals surface area contributed by atoms with Crippen LogP contribution in [0, 0.1) is 0 Å². The highest BCUT2D eigenvalue weighted by Gasteiger charge is 2.37. The topological polar surface area (TPSA) is 122 Å². The number of rotatable bonds is 8. The van der Waals surface area contributed by atoms with Crippen molar-refractivity contribution in [2.24, 2.45) is 12.8 Å². The quantitative estimate of drug-likeness (QED) is 0.298. The molecule has 1 aliphatic rings. The number of nitrogens with one attached hydrogen (secondary N) is 1. The summed E-state index contributed by atoms with van der Waals surface area (Å²) in [5, 5.41) is 12.3. The molecule has 2 amide bonds. The van der Waals surface area contributed by atoms with Gasteiger partial charge in [0.05, 0.1) is 17.1 Å². The first-order valence-corrected chi connectivity index (χ1v) is 14.2. The number of benzene rings is 3. The molecule has 0 saturated carbocycles. The number of anilines is 1. The van der Waals surface area contributed by atoms with Gasteiger partial charge in [0.25, 0.3) is 0 Å². The Morgan fingerprint density at radius 2 is 1.83 bits per heavy atom. The van der Waals surface area contributed by atoms with E-state index in [-0.39, 0.29) is 11.8 Å². The second-order valence-corrected chi connectivity index (χ2v) is 10.8. The van der Waals surface area contributed by atoms with Gasteiger partial charge in [0, 0.05) is 50.5 Å². The number of fused-ring (bicyclic) bond motifs is 2. The number of pyridine rings is 1. The normalized spacial score (nSPS) is 16.1. The Hall–Kier alpha value is -4.83. The van der Waals surface area contributed by atoms with Crippen LogP contribution in [0.25, 0.3) is 21.9 Å². The van der Waals surface area contributed by atoms with E-state index < -0.39 is 12.1 Å². The summed E-state index contributed by atoms with van der Waals surface area (Å²) in [7, 11) is 1.84. The molecular formula is C32H34N8O2. The Labute approximate surface area is 244 Å². The van der Waals surface area contributed by atoms with E-state index in [0.29, 0.717) is 39.0 Å². The lowest BCUT2D eigenvalue weighted by molar-refractivity contribution is -0.142. The molecule has 2 aromatic heterocycles. The number of carbonyl (C=O) groups is 2. The van der Waals surface area contributed by atoms with Gasteiger partial charge in [0.15, 0.2) is 0 Å². The van der Waals surface area contributed by atoms with E-state index in [1.54, 1.807) is 15.8 Å². The zero-order valence-electron chi connectivity index (χ0n) is 23.6. The number of amides is 2. The maximum Gasteiger partial charge on any atom is 0.244 e.